The fraction of sp³-hybridized carbons (Fsp3) is 0.722. The molecule has 25 heavy (non-hydrogen) atoms. The van der Waals surface area contributed by atoms with E-state index in [0.29, 0.717) is 6.04 Å². The van der Waals surface area contributed by atoms with Crippen molar-refractivity contribution in [3.63, 3.8) is 0 Å². The molecule has 5 nitrogen and oxygen atoms in total. The Bertz CT molecular complexity index is 509. The number of hydrogen-bond acceptors (Lipinski definition) is 4. The van der Waals surface area contributed by atoms with Crippen LogP contribution in [-0.2, 0) is 17.7 Å². The van der Waals surface area contributed by atoms with Gasteiger partial charge in [0.05, 0.1) is 13.2 Å². The fourth-order valence-corrected chi connectivity index (χ4v) is 3.92. The van der Waals surface area contributed by atoms with Crippen molar-refractivity contribution in [3.8, 4) is 0 Å². The van der Waals surface area contributed by atoms with Gasteiger partial charge in [0.15, 0.2) is 5.96 Å². The Morgan fingerprint density at radius 1 is 1.32 bits per heavy atom. The van der Waals surface area contributed by atoms with Crippen molar-refractivity contribution in [1.29, 1.82) is 0 Å². The lowest BCUT2D eigenvalue weighted by molar-refractivity contribution is 0.141. The molecule has 2 heterocycles. The summed E-state index contributed by atoms with van der Waals surface area (Å²) >= 11 is 1.86. The molecular formula is C18H33IN4OS. The van der Waals surface area contributed by atoms with E-state index in [2.05, 4.69) is 41.5 Å². The third kappa shape index (κ3) is 7.80. The monoisotopic (exact) mass is 480 g/mol. The molecule has 1 aromatic heterocycles. The molecule has 1 aromatic rings. The average molecular weight is 480 g/mol. The summed E-state index contributed by atoms with van der Waals surface area (Å²) in [6.07, 6.45) is 3.63. The molecule has 1 aliphatic heterocycles. The number of hydrogen-bond donors (Lipinski definition) is 2. The van der Waals surface area contributed by atoms with Crippen molar-refractivity contribution in [2.24, 2.45) is 4.99 Å². The van der Waals surface area contributed by atoms with Gasteiger partial charge in [0.25, 0.3) is 0 Å². The number of halogens is 1. The van der Waals surface area contributed by atoms with Gasteiger partial charge in [-0.3, -0.25) is 4.90 Å². The number of thiophene rings is 1. The molecule has 2 N–H and O–H groups in total. The van der Waals surface area contributed by atoms with Crippen LogP contribution in [0.5, 0.6) is 0 Å². The zero-order valence-corrected chi connectivity index (χ0v) is 18.9. The van der Waals surface area contributed by atoms with Crippen LogP contribution in [-0.4, -0.2) is 56.8 Å². The Kier molecular flexibility index (Phi) is 11.7. The fourth-order valence-electron chi connectivity index (χ4n) is 3.04. The first-order chi connectivity index (χ1) is 11.8. The van der Waals surface area contributed by atoms with E-state index in [4.69, 9.17) is 9.73 Å². The standard InChI is InChI=1S/C18H32N4OS.HI/c1-4-16-8-9-17(24-16)14-21-18(19-5-2)20-13-15-7-6-10-22(15)11-12-23-3;/h8-9,15H,4-7,10-14H2,1-3H3,(H2,19,20,21);1H. The van der Waals surface area contributed by atoms with E-state index in [-0.39, 0.29) is 24.0 Å². The van der Waals surface area contributed by atoms with Crippen molar-refractivity contribution in [2.75, 3.05) is 39.9 Å². The predicted octanol–water partition coefficient (Wildman–Crippen LogP) is 3.09. The summed E-state index contributed by atoms with van der Waals surface area (Å²) in [4.78, 5) is 10.0. The van der Waals surface area contributed by atoms with Gasteiger partial charge in [0.1, 0.15) is 0 Å². The van der Waals surface area contributed by atoms with Crippen molar-refractivity contribution < 1.29 is 4.74 Å². The van der Waals surface area contributed by atoms with Crippen LogP contribution in [0.2, 0.25) is 0 Å². The molecule has 0 radical (unpaired) electrons. The summed E-state index contributed by atoms with van der Waals surface area (Å²) < 4.78 is 5.22. The molecule has 2 rings (SSSR count). The number of nitrogens with one attached hydrogen (secondary N) is 2. The molecular weight excluding hydrogens is 447 g/mol. The summed E-state index contributed by atoms with van der Waals surface area (Å²) in [5.74, 6) is 0.919. The molecule has 1 aliphatic rings. The number of aliphatic imine (C=N–C) groups is 1. The number of likely N-dealkylation sites (tertiary alicyclic amines) is 1. The van der Waals surface area contributed by atoms with Crippen molar-refractivity contribution >= 4 is 41.3 Å². The van der Waals surface area contributed by atoms with E-state index in [9.17, 15) is 0 Å². The van der Waals surface area contributed by atoms with Crippen molar-refractivity contribution in [2.45, 2.75) is 45.7 Å². The SMILES string of the molecule is CCNC(=NCc1ccc(CC)s1)NCC1CCCN1CCOC.I. The first-order valence-corrected chi connectivity index (χ1v) is 9.91. The Hall–Kier alpha value is -0.380. The normalized spacial score (nSPS) is 18.2. The van der Waals surface area contributed by atoms with E-state index < -0.39 is 0 Å². The highest BCUT2D eigenvalue weighted by atomic mass is 127. The van der Waals surface area contributed by atoms with Crippen LogP contribution in [0.4, 0.5) is 0 Å². The number of aryl methyl sites for hydroxylation is 1. The average Bonchev–Trinajstić information content (AvgIpc) is 3.24. The van der Waals surface area contributed by atoms with Gasteiger partial charge in [-0.25, -0.2) is 4.99 Å². The van der Waals surface area contributed by atoms with Crippen molar-refractivity contribution in [1.82, 2.24) is 15.5 Å². The molecule has 0 spiro atoms. The van der Waals surface area contributed by atoms with Crippen LogP contribution >= 0.6 is 35.3 Å². The van der Waals surface area contributed by atoms with Crippen LogP contribution in [0.15, 0.2) is 17.1 Å². The van der Waals surface area contributed by atoms with Crippen molar-refractivity contribution in [3.05, 3.63) is 21.9 Å². The summed E-state index contributed by atoms with van der Waals surface area (Å²) in [7, 11) is 1.77. The van der Waals surface area contributed by atoms with Gasteiger partial charge in [-0.2, -0.15) is 0 Å². The first-order valence-electron chi connectivity index (χ1n) is 9.09. The maximum atomic E-state index is 5.22. The molecule has 144 valence electrons. The summed E-state index contributed by atoms with van der Waals surface area (Å²) in [5.41, 5.74) is 0. The molecule has 0 bridgehead atoms. The van der Waals surface area contributed by atoms with E-state index in [1.807, 2.05) is 11.3 Å². The molecule has 1 atom stereocenters. The maximum Gasteiger partial charge on any atom is 0.191 e. The van der Waals surface area contributed by atoms with Crippen LogP contribution < -0.4 is 10.6 Å². The first kappa shape index (κ1) is 22.7. The van der Waals surface area contributed by atoms with E-state index in [1.54, 1.807) is 7.11 Å². The minimum Gasteiger partial charge on any atom is -0.383 e. The predicted molar refractivity (Wildman–Crippen MR) is 118 cm³/mol. The van der Waals surface area contributed by atoms with E-state index in [0.717, 1.165) is 45.2 Å². The smallest absolute Gasteiger partial charge is 0.191 e. The number of methoxy groups -OCH3 is 1. The highest BCUT2D eigenvalue weighted by Gasteiger charge is 2.23. The van der Waals surface area contributed by atoms with Crippen LogP contribution in [0.1, 0.15) is 36.4 Å². The molecule has 1 saturated heterocycles. The third-order valence-corrected chi connectivity index (χ3v) is 5.60. The molecule has 7 heteroatoms. The second-order valence-electron chi connectivity index (χ2n) is 6.12. The third-order valence-electron chi connectivity index (χ3n) is 4.39. The lowest BCUT2D eigenvalue weighted by Crippen LogP contribution is -2.45. The van der Waals surface area contributed by atoms with Gasteiger partial charge in [-0.15, -0.1) is 35.3 Å². The minimum atomic E-state index is 0. The quantitative estimate of drug-likeness (QED) is 0.324. The number of ether oxygens (including phenoxy) is 1. The Labute approximate surface area is 173 Å². The maximum absolute atomic E-state index is 5.22. The Morgan fingerprint density at radius 3 is 2.80 bits per heavy atom. The summed E-state index contributed by atoms with van der Waals surface area (Å²) in [5, 5.41) is 6.88. The summed E-state index contributed by atoms with van der Waals surface area (Å²) in [6.45, 7) is 9.89. The molecule has 0 aromatic carbocycles. The number of rotatable bonds is 9. The van der Waals surface area contributed by atoms with Gasteiger partial charge in [0, 0.05) is 42.5 Å². The lowest BCUT2D eigenvalue weighted by atomic mass is 10.2. The highest BCUT2D eigenvalue weighted by molar-refractivity contribution is 14.0. The second kappa shape index (κ2) is 12.9. The lowest BCUT2D eigenvalue weighted by Gasteiger charge is -2.25. The zero-order chi connectivity index (χ0) is 17.2. The zero-order valence-electron chi connectivity index (χ0n) is 15.7. The minimum absolute atomic E-state index is 0. The number of guanidine groups is 1. The Morgan fingerprint density at radius 2 is 2.12 bits per heavy atom. The highest BCUT2D eigenvalue weighted by Crippen LogP contribution is 2.18. The Balaban J connectivity index is 0.00000312. The van der Waals surface area contributed by atoms with E-state index in [1.165, 1.54) is 29.1 Å². The topological polar surface area (TPSA) is 48.9 Å². The van der Waals surface area contributed by atoms with E-state index >= 15 is 0 Å². The van der Waals surface area contributed by atoms with Crippen LogP contribution in [0, 0.1) is 0 Å². The molecule has 1 unspecified atom stereocenters. The molecule has 0 amide bonds. The van der Waals surface area contributed by atoms with Gasteiger partial charge >= 0.3 is 0 Å². The molecule has 0 aliphatic carbocycles. The summed E-state index contributed by atoms with van der Waals surface area (Å²) in [6, 6.07) is 4.99. The van der Waals surface area contributed by atoms with Gasteiger partial charge < -0.3 is 15.4 Å². The van der Waals surface area contributed by atoms with Gasteiger partial charge in [-0.05, 0) is 44.9 Å². The second-order valence-corrected chi connectivity index (χ2v) is 7.38. The largest absolute Gasteiger partial charge is 0.383 e. The van der Waals surface area contributed by atoms with Crippen LogP contribution in [0.25, 0.3) is 0 Å². The molecule has 0 saturated carbocycles. The van der Waals surface area contributed by atoms with Gasteiger partial charge in [0.2, 0.25) is 0 Å². The van der Waals surface area contributed by atoms with Crippen LogP contribution in [0.3, 0.4) is 0 Å². The number of nitrogens with zero attached hydrogens (tertiary/aromatic N) is 2. The van der Waals surface area contributed by atoms with Gasteiger partial charge in [-0.1, -0.05) is 6.92 Å². The molecule has 1 fully saturated rings.